The quantitative estimate of drug-likeness (QED) is 0.595. The van der Waals surface area contributed by atoms with E-state index in [1.54, 1.807) is 27.0 Å². The van der Waals surface area contributed by atoms with Gasteiger partial charge in [0.2, 0.25) is 5.79 Å². The third-order valence-corrected chi connectivity index (χ3v) is 6.37. The molecule has 2 aromatic rings. The Morgan fingerprint density at radius 2 is 1.97 bits per heavy atom. The predicted molar refractivity (Wildman–Crippen MR) is 127 cm³/mol. The number of aryl methyl sites for hydroxylation is 1. The molecule has 3 atom stereocenters. The number of methoxy groups -OCH3 is 2. The summed E-state index contributed by atoms with van der Waals surface area (Å²) in [6.45, 7) is 9.61. The molecule has 0 bridgehead atoms. The normalized spacial score (nSPS) is 23.5. The van der Waals surface area contributed by atoms with Crippen molar-refractivity contribution in [3.05, 3.63) is 63.7 Å². The molecule has 2 heterocycles. The van der Waals surface area contributed by atoms with Crippen LogP contribution >= 0.6 is 0 Å². The highest BCUT2D eigenvalue weighted by molar-refractivity contribution is 5.60. The Labute approximate surface area is 200 Å². The molecule has 7 nitrogen and oxygen atoms in total. The number of aliphatic hydroxyl groups is 1. The number of fused-ring (bicyclic) bond motifs is 2. The molecule has 0 saturated carbocycles. The fourth-order valence-corrected chi connectivity index (χ4v) is 4.56. The Hall–Kier alpha value is -2.58. The van der Waals surface area contributed by atoms with Gasteiger partial charge in [0.1, 0.15) is 12.4 Å². The van der Waals surface area contributed by atoms with E-state index >= 15 is 0 Å². The first-order valence-corrected chi connectivity index (χ1v) is 11.4. The highest BCUT2D eigenvalue weighted by atomic mass is 16.8. The molecule has 0 amide bonds. The van der Waals surface area contributed by atoms with Gasteiger partial charge in [-0.15, -0.1) is 0 Å². The van der Waals surface area contributed by atoms with Gasteiger partial charge in [-0.25, -0.2) is 0 Å². The molecule has 0 unspecified atom stereocenters. The van der Waals surface area contributed by atoms with Gasteiger partial charge >= 0.3 is 0 Å². The van der Waals surface area contributed by atoms with E-state index in [1.807, 2.05) is 39.0 Å². The first-order chi connectivity index (χ1) is 16.0. The third kappa shape index (κ3) is 4.07. The van der Waals surface area contributed by atoms with Crippen molar-refractivity contribution < 1.29 is 33.9 Å². The van der Waals surface area contributed by atoms with Gasteiger partial charge in [0.05, 0.1) is 16.7 Å². The number of aromatic hydroxyl groups is 1. The summed E-state index contributed by atoms with van der Waals surface area (Å²) < 4.78 is 30.6. The van der Waals surface area contributed by atoms with Gasteiger partial charge in [-0.2, -0.15) is 0 Å². The van der Waals surface area contributed by atoms with Crippen LogP contribution in [-0.4, -0.2) is 42.7 Å². The second-order valence-corrected chi connectivity index (χ2v) is 9.74. The van der Waals surface area contributed by atoms with E-state index in [-0.39, 0.29) is 12.4 Å². The van der Waals surface area contributed by atoms with Crippen molar-refractivity contribution in [1.29, 1.82) is 0 Å². The Morgan fingerprint density at radius 3 is 2.59 bits per heavy atom. The molecule has 0 radical (unpaired) electrons. The summed E-state index contributed by atoms with van der Waals surface area (Å²) >= 11 is 0. The van der Waals surface area contributed by atoms with Crippen molar-refractivity contribution >= 4 is 0 Å². The van der Waals surface area contributed by atoms with E-state index in [9.17, 15) is 10.2 Å². The largest absolute Gasteiger partial charge is 0.507 e. The van der Waals surface area contributed by atoms with Gasteiger partial charge < -0.3 is 33.9 Å². The number of ether oxygens (including phenoxy) is 5. The summed E-state index contributed by atoms with van der Waals surface area (Å²) in [6, 6.07) is 7.35. The van der Waals surface area contributed by atoms with Gasteiger partial charge in [-0.1, -0.05) is 17.7 Å². The van der Waals surface area contributed by atoms with Gasteiger partial charge in [0, 0.05) is 19.8 Å². The summed E-state index contributed by atoms with van der Waals surface area (Å²) in [4.78, 5) is 0. The van der Waals surface area contributed by atoms with Crippen molar-refractivity contribution in [1.82, 2.24) is 0 Å². The van der Waals surface area contributed by atoms with Crippen LogP contribution in [0.25, 0.3) is 0 Å². The lowest BCUT2D eigenvalue weighted by atomic mass is 9.87. The number of phenolic OH excluding ortho intramolecular Hbond substituents is 1. The highest BCUT2D eigenvalue weighted by Gasteiger charge is 2.53. The minimum absolute atomic E-state index is 0.0646. The monoisotopic (exact) mass is 470 g/mol. The molecule has 0 fully saturated rings. The zero-order valence-corrected chi connectivity index (χ0v) is 20.9. The van der Waals surface area contributed by atoms with Crippen molar-refractivity contribution in [2.75, 3.05) is 20.8 Å². The fourth-order valence-electron chi connectivity index (χ4n) is 4.56. The summed E-state index contributed by atoms with van der Waals surface area (Å²) in [6.07, 6.45) is 1.28. The molecule has 4 rings (SSSR count). The number of allylic oxidation sites excluding steroid dienone is 2. The van der Waals surface area contributed by atoms with E-state index in [0.717, 1.165) is 11.1 Å². The summed E-state index contributed by atoms with van der Waals surface area (Å²) in [5.41, 5.74) is 3.69. The van der Waals surface area contributed by atoms with Crippen LogP contribution in [0.1, 0.15) is 61.8 Å². The van der Waals surface area contributed by atoms with Crippen LogP contribution in [0.3, 0.4) is 0 Å². The molecule has 7 heteroatoms. The van der Waals surface area contributed by atoms with E-state index in [0.29, 0.717) is 34.6 Å². The maximum absolute atomic E-state index is 10.8. The van der Waals surface area contributed by atoms with Gasteiger partial charge in [-0.3, -0.25) is 0 Å². The molecule has 184 valence electrons. The first-order valence-electron chi connectivity index (χ1n) is 11.4. The minimum Gasteiger partial charge on any atom is -0.507 e. The molecule has 2 aliphatic rings. The Kier molecular flexibility index (Phi) is 6.42. The number of hydrogen-bond donors (Lipinski definition) is 2. The molecule has 0 aromatic heterocycles. The third-order valence-electron chi connectivity index (χ3n) is 6.37. The lowest BCUT2D eigenvalue weighted by Crippen LogP contribution is -2.47. The maximum atomic E-state index is 10.8. The lowest BCUT2D eigenvalue weighted by molar-refractivity contribution is -0.268. The molecule has 0 spiro atoms. The van der Waals surface area contributed by atoms with Crippen LogP contribution in [0, 0.1) is 6.92 Å². The summed E-state index contributed by atoms with van der Waals surface area (Å²) in [5.74, 6) is -0.385. The van der Waals surface area contributed by atoms with Crippen LogP contribution in [0.4, 0.5) is 0 Å². The van der Waals surface area contributed by atoms with Crippen molar-refractivity contribution in [3.63, 3.8) is 0 Å². The second kappa shape index (κ2) is 8.89. The van der Waals surface area contributed by atoms with E-state index in [2.05, 4.69) is 6.08 Å². The fraction of sp³-hybridized carbons (Fsp3) is 0.481. The SMILES string of the molecule is CO[C@@H]1O[C@@](OC)(c2cc(C)cc3c2O[C@H](C(C)(C)O)CO3)c2c(CC=C(C)C)ccc(O)c21. The zero-order valence-electron chi connectivity index (χ0n) is 20.9. The van der Waals surface area contributed by atoms with Crippen molar-refractivity contribution in [2.24, 2.45) is 0 Å². The van der Waals surface area contributed by atoms with Gasteiger partial charge in [0.15, 0.2) is 23.9 Å². The predicted octanol–water partition coefficient (Wildman–Crippen LogP) is 4.64. The highest BCUT2D eigenvalue weighted by Crippen LogP contribution is 2.56. The molecule has 0 saturated heterocycles. The van der Waals surface area contributed by atoms with Crippen molar-refractivity contribution in [2.45, 2.75) is 64.8 Å². The molecule has 2 aliphatic heterocycles. The topological polar surface area (TPSA) is 86.6 Å². The maximum Gasteiger partial charge on any atom is 0.229 e. The summed E-state index contributed by atoms with van der Waals surface area (Å²) in [5, 5.41) is 21.4. The van der Waals surface area contributed by atoms with Crippen LogP contribution in [0.15, 0.2) is 35.9 Å². The number of benzene rings is 2. The van der Waals surface area contributed by atoms with E-state index < -0.39 is 23.8 Å². The number of hydrogen-bond acceptors (Lipinski definition) is 7. The molecule has 34 heavy (non-hydrogen) atoms. The molecule has 2 N–H and O–H groups in total. The summed E-state index contributed by atoms with van der Waals surface area (Å²) in [7, 11) is 3.08. The average Bonchev–Trinajstić information content (AvgIpc) is 3.13. The van der Waals surface area contributed by atoms with Crippen LogP contribution in [0.5, 0.6) is 17.2 Å². The van der Waals surface area contributed by atoms with Crippen LogP contribution < -0.4 is 9.47 Å². The minimum atomic E-state index is -1.43. The first kappa shape index (κ1) is 24.5. The number of rotatable bonds is 6. The number of phenols is 1. The smallest absolute Gasteiger partial charge is 0.229 e. The standard InChI is InChI=1S/C27H34O7/c1-15(2)8-9-17-10-11-19(28)22-23(17)27(31-7,34-25(22)30-6)18-12-16(3)13-20-24(18)33-21(14-32-20)26(4,5)29/h8,10-13,21,25,28-29H,9,14H2,1-7H3/t21-,25+,27-/m0/s1. The molecular weight excluding hydrogens is 436 g/mol. The van der Waals surface area contributed by atoms with Crippen molar-refractivity contribution in [3.8, 4) is 17.2 Å². The van der Waals surface area contributed by atoms with Crippen LogP contribution in [-0.2, 0) is 26.4 Å². The molecular formula is C27H34O7. The van der Waals surface area contributed by atoms with Gasteiger partial charge in [0.25, 0.3) is 0 Å². The Morgan fingerprint density at radius 1 is 1.24 bits per heavy atom. The lowest BCUT2D eigenvalue weighted by Gasteiger charge is -2.38. The Balaban J connectivity index is 1.99. The molecule has 2 aromatic carbocycles. The van der Waals surface area contributed by atoms with E-state index in [4.69, 9.17) is 23.7 Å². The second-order valence-electron chi connectivity index (χ2n) is 9.74. The van der Waals surface area contributed by atoms with Gasteiger partial charge in [-0.05, 0) is 70.4 Å². The Bertz CT molecular complexity index is 1110. The van der Waals surface area contributed by atoms with E-state index in [1.165, 1.54) is 12.7 Å². The van der Waals surface area contributed by atoms with Crippen LogP contribution in [0.2, 0.25) is 0 Å². The average molecular weight is 471 g/mol. The zero-order chi connectivity index (χ0) is 24.8. The molecule has 0 aliphatic carbocycles.